The van der Waals surface area contributed by atoms with Crippen LogP contribution in [0.25, 0.3) is 11.2 Å². The van der Waals surface area contributed by atoms with E-state index in [9.17, 15) is 9.59 Å². The predicted molar refractivity (Wildman–Crippen MR) is 107 cm³/mol. The van der Waals surface area contributed by atoms with Gasteiger partial charge in [-0.2, -0.15) is 4.98 Å². The summed E-state index contributed by atoms with van der Waals surface area (Å²) in [5.41, 5.74) is 2.45. The van der Waals surface area contributed by atoms with Crippen molar-refractivity contribution in [3.8, 4) is 0 Å². The largest absolute Gasteiger partial charge is 0.337 e. The number of carbonyl (C=O) groups excluding carboxylic acids is 1. The van der Waals surface area contributed by atoms with Gasteiger partial charge in [-0.3, -0.25) is 14.2 Å². The third kappa shape index (κ3) is 3.12. The van der Waals surface area contributed by atoms with Gasteiger partial charge >= 0.3 is 0 Å². The molecule has 9 heteroatoms. The van der Waals surface area contributed by atoms with Crippen molar-refractivity contribution >= 4 is 16.9 Å². The number of benzene rings is 1. The zero-order chi connectivity index (χ0) is 20.8. The van der Waals surface area contributed by atoms with Crippen LogP contribution < -0.4 is 5.56 Å². The molecule has 0 spiro atoms. The third-order valence-electron chi connectivity index (χ3n) is 5.67. The van der Waals surface area contributed by atoms with Crippen LogP contribution >= 0.6 is 0 Å². The number of Topliss-reactive ketones (excluding diaryl/α,β-unsaturated/α-hetero) is 1. The highest BCUT2D eigenvalue weighted by molar-refractivity contribution is 5.98. The number of carbonyl (C=O) groups is 1. The summed E-state index contributed by atoms with van der Waals surface area (Å²) in [4.78, 5) is 38.0. The van der Waals surface area contributed by atoms with E-state index >= 15 is 0 Å². The minimum absolute atomic E-state index is 0.0159. The molecule has 1 aromatic carbocycles. The van der Waals surface area contributed by atoms with Gasteiger partial charge in [-0.05, 0) is 25.8 Å². The van der Waals surface area contributed by atoms with E-state index in [1.165, 1.54) is 10.9 Å². The fraction of sp³-hybridized carbons (Fsp3) is 0.333. The molecule has 1 fully saturated rings. The molecule has 0 bridgehead atoms. The van der Waals surface area contributed by atoms with Crippen LogP contribution in [0, 0.1) is 12.8 Å². The van der Waals surface area contributed by atoms with Crippen LogP contribution in [-0.2, 0) is 13.6 Å². The van der Waals surface area contributed by atoms with Gasteiger partial charge in [0.2, 0.25) is 5.89 Å². The summed E-state index contributed by atoms with van der Waals surface area (Å²) in [6, 6.07) is 7.67. The molecule has 1 aliphatic rings. The molecular formula is C21H20N6O3. The monoisotopic (exact) mass is 404 g/mol. The molecule has 152 valence electrons. The lowest BCUT2D eigenvalue weighted by Crippen LogP contribution is -2.30. The molecule has 3 heterocycles. The van der Waals surface area contributed by atoms with Crippen molar-refractivity contribution in [2.24, 2.45) is 13.0 Å². The van der Waals surface area contributed by atoms with Crippen molar-refractivity contribution in [2.75, 3.05) is 0 Å². The number of hydrogen-bond donors (Lipinski definition) is 0. The first kappa shape index (κ1) is 18.4. The molecule has 0 unspecified atom stereocenters. The normalized spacial score (nSPS) is 18.5. The van der Waals surface area contributed by atoms with Crippen LogP contribution in [0.1, 0.15) is 46.4 Å². The second kappa shape index (κ2) is 7.01. The Morgan fingerprint density at radius 3 is 2.83 bits per heavy atom. The Kier molecular flexibility index (Phi) is 4.30. The Morgan fingerprint density at radius 2 is 2.03 bits per heavy atom. The molecule has 9 nitrogen and oxygen atoms in total. The van der Waals surface area contributed by atoms with E-state index in [-0.39, 0.29) is 29.7 Å². The average Bonchev–Trinajstić information content (AvgIpc) is 3.30. The van der Waals surface area contributed by atoms with Crippen molar-refractivity contribution in [3.05, 3.63) is 70.1 Å². The molecule has 3 aromatic heterocycles. The van der Waals surface area contributed by atoms with Crippen molar-refractivity contribution in [1.82, 2.24) is 29.2 Å². The van der Waals surface area contributed by atoms with Gasteiger partial charge in [-0.15, -0.1) is 0 Å². The minimum Gasteiger partial charge on any atom is -0.337 e. The lowest BCUT2D eigenvalue weighted by molar-refractivity contribution is 0.0824. The maximum Gasteiger partial charge on any atom is 0.280 e. The number of aromatic nitrogens is 6. The number of rotatable bonds is 5. The number of fused-ring (bicyclic) bond motifs is 1. The second-order valence-corrected chi connectivity index (χ2v) is 7.85. The SMILES string of the molecule is Cc1cccc(C(=O)C2CC(c3noc(Cn4cnc5ncn(C)c5c4=O)n3)C2)c1. The zero-order valence-corrected chi connectivity index (χ0v) is 16.6. The fourth-order valence-electron chi connectivity index (χ4n) is 3.90. The van der Waals surface area contributed by atoms with Gasteiger partial charge < -0.3 is 9.09 Å². The van der Waals surface area contributed by atoms with Gasteiger partial charge in [0.25, 0.3) is 5.56 Å². The summed E-state index contributed by atoms with van der Waals surface area (Å²) in [5, 5.41) is 4.06. The smallest absolute Gasteiger partial charge is 0.280 e. The van der Waals surface area contributed by atoms with Crippen LogP contribution in [0.2, 0.25) is 0 Å². The van der Waals surface area contributed by atoms with Gasteiger partial charge in [-0.25, -0.2) is 9.97 Å². The molecule has 0 atom stereocenters. The summed E-state index contributed by atoms with van der Waals surface area (Å²) in [7, 11) is 1.75. The number of imidazole rings is 1. The van der Waals surface area contributed by atoms with Crippen LogP contribution in [0.3, 0.4) is 0 Å². The quantitative estimate of drug-likeness (QED) is 0.469. The second-order valence-electron chi connectivity index (χ2n) is 7.85. The molecule has 0 N–H and O–H groups in total. The van der Waals surface area contributed by atoms with Crippen LogP contribution in [0.5, 0.6) is 0 Å². The van der Waals surface area contributed by atoms with Gasteiger partial charge in [0.05, 0.1) is 6.33 Å². The lowest BCUT2D eigenvalue weighted by Gasteiger charge is -2.32. The van der Waals surface area contributed by atoms with Crippen LogP contribution in [0.15, 0.2) is 46.2 Å². The number of nitrogens with zero attached hydrogens (tertiary/aromatic N) is 6. The van der Waals surface area contributed by atoms with Gasteiger partial charge in [-0.1, -0.05) is 28.9 Å². The van der Waals surface area contributed by atoms with Crippen molar-refractivity contribution in [3.63, 3.8) is 0 Å². The van der Waals surface area contributed by atoms with Gasteiger partial charge in [0.15, 0.2) is 22.8 Å². The van der Waals surface area contributed by atoms with E-state index in [1.807, 2.05) is 31.2 Å². The summed E-state index contributed by atoms with van der Waals surface area (Å²) in [6.45, 7) is 2.12. The Hall–Kier alpha value is -3.62. The first-order chi connectivity index (χ1) is 14.5. The minimum atomic E-state index is -0.216. The van der Waals surface area contributed by atoms with E-state index in [4.69, 9.17) is 4.52 Å². The van der Waals surface area contributed by atoms with Crippen molar-refractivity contribution < 1.29 is 9.32 Å². The molecule has 1 aliphatic carbocycles. The highest BCUT2D eigenvalue weighted by Gasteiger charge is 2.38. The van der Waals surface area contributed by atoms with Crippen molar-refractivity contribution in [2.45, 2.75) is 32.2 Å². The maximum absolute atomic E-state index is 12.6. The number of ketones is 1. The predicted octanol–water partition coefficient (Wildman–Crippen LogP) is 2.25. The molecule has 0 saturated heterocycles. The molecular weight excluding hydrogens is 384 g/mol. The highest BCUT2D eigenvalue weighted by Crippen LogP contribution is 2.42. The average molecular weight is 404 g/mol. The Labute approximate surface area is 171 Å². The fourth-order valence-corrected chi connectivity index (χ4v) is 3.90. The molecule has 30 heavy (non-hydrogen) atoms. The summed E-state index contributed by atoms with van der Waals surface area (Å²) in [6.07, 6.45) is 4.39. The Balaban J connectivity index is 1.27. The highest BCUT2D eigenvalue weighted by atomic mass is 16.5. The van der Waals surface area contributed by atoms with E-state index in [0.717, 1.165) is 11.1 Å². The van der Waals surface area contributed by atoms with Gasteiger partial charge in [0, 0.05) is 24.4 Å². The molecule has 1 saturated carbocycles. The summed E-state index contributed by atoms with van der Waals surface area (Å²) < 4.78 is 8.41. The Morgan fingerprint density at radius 1 is 1.23 bits per heavy atom. The lowest BCUT2D eigenvalue weighted by atomic mass is 9.71. The van der Waals surface area contributed by atoms with Crippen LogP contribution in [-0.4, -0.2) is 35.0 Å². The molecule has 4 aromatic rings. The Bertz CT molecular complexity index is 1310. The first-order valence-electron chi connectivity index (χ1n) is 9.79. The molecule has 0 aliphatic heterocycles. The standard InChI is InChI=1S/C21H20N6O3/c1-12-4-3-5-13(6-12)18(28)14-7-15(8-14)19-24-16(30-25-19)9-27-11-23-20-17(21(27)29)26(2)10-22-20/h3-6,10-11,14-15H,7-9H2,1-2H3. The summed E-state index contributed by atoms with van der Waals surface area (Å²) >= 11 is 0. The topological polar surface area (TPSA) is 109 Å². The molecule has 0 radical (unpaired) electrons. The number of aryl methyl sites for hydroxylation is 2. The molecule has 0 amide bonds. The van der Waals surface area contributed by atoms with Gasteiger partial charge in [0.1, 0.15) is 12.9 Å². The summed E-state index contributed by atoms with van der Waals surface area (Å²) in [5.74, 6) is 1.17. The van der Waals surface area contributed by atoms with Crippen LogP contribution in [0.4, 0.5) is 0 Å². The molecule has 5 rings (SSSR count). The third-order valence-corrected chi connectivity index (χ3v) is 5.67. The zero-order valence-electron chi connectivity index (χ0n) is 16.6. The number of hydrogen-bond acceptors (Lipinski definition) is 7. The van der Waals surface area contributed by atoms with E-state index in [0.29, 0.717) is 35.7 Å². The van der Waals surface area contributed by atoms with E-state index in [1.54, 1.807) is 17.9 Å². The van der Waals surface area contributed by atoms with E-state index < -0.39 is 0 Å². The van der Waals surface area contributed by atoms with Crippen molar-refractivity contribution in [1.29, 1.82) is 0 Å². The first-order valence-corrected chi connectivity index (χ1v) is 9.79. The maximum atomic E-state index is 12.6. The van der Waals surface area contributed by atoms with E-state index in [2.05, 4.69) is 20.1 Å².